The van der Waals surface area contributed by atoms with Gasteiger partial charge >= 0.3 is 11.7 Å². The fourth-order valence-corrected chi connectivity index (χ4v) is 3.74. The zero-order valence-corrected chi connectivity index (χ0v) is 17.9. The first-order valence-corrected chi connectivity index (χ1v) is 10.7. The van der Waals surface area contributed by atoms with Crippen molar-refractivity contribution in [3.05, 3.63) is 32.6 Å². The largest absolute Gasteiger partial charge is 0.469 e. The average Bonchev–Trinajstić information content (AvgIpc) is 3.11. The number of ether oxygens (including phenoxy) is 2. The highest BCUT2D eigenvalue weighted by Crippen LogP contribution is 2.27. The van der Waals surface area contributed by atoms with Crippen molar-refractivity contribution in [1.82, 2.24) is 9.13 Å². The van der Waals surface area contributed by atoms with E-state index in [1.54, 1.807) is 6.92 Å². The van der Waals surface area contributed by atoms with Gasteiger partial charge in [0.2, 0.25) is 0 Å². The summed E-state index contributed by atoms with van der Waals surface area (Å²) in [5.41, 5.74) is -0.328. The van der Waals surface area contributed by atoms with Crippen molar-refractivity contribution >= 4 is 5.97 Å². The second kappa shape index (κ2) is 12.0. The fraction of sp³-hybridized carbons (Fsp3) is 0.762. The minimum Gasteiger partial charge on any atom is -0.469 e. The van der Waals surface area contributed by atoms with E-state index < -0.39 is 24.1 Å². The van der Waals surface area contributed by atoms with Gasteiger partial charge in [0.05, 0.1) is 19.8 Å². The number of rotatable bonds is 12. The lowest BCUT2D eigenvalue weighted by Crippen LogP contribution is -2.42. The number of aliphatic hydroxyl groups excluding tert-OH is 2. The van der Waals surface area contributed by atoms with E-state index in [1.165, 1.54) is 22.4 Å². The maximum Gasteiger partial charge on any atom is 0.333 e. The third-order valence-electron chi connectivity index (χ3n) is 5.55. The lowest BCUT2D eigenvalue weighted by Gasteiger charge is -2.17. The molecular formula is C21H34N2O7. The van der Waals surface area contributed by atoms with Gasteiger partial charge in [0.1, 0.15) is 12.3 Å². The fourth-order valence-electron chi connectivity index (χ4n) is 3.74. The Morgan fingerprint density at radius 3 is 2.40 bits per heavy atom. The van der Waals surface area contributed by atoms with E-state index in [-0.39, 0.29) is 24.6 Å². The van der Waals surface area contributed by atoms with E-state index in [9.17, 15) is 24.6 Å². The minimum atomic E-state index is -0.847. The number of carbonyl (C=O) groups is 1. The number of aromatic nitrogens is 2. The number of unbranched alkanes of at least 4 members (excludes halogenated alkanes) is 6. The van der Waals surface area contributed by atoms with Gasteiger partial charge in [-0.2, -0.15) is 0 Å². The van der Waals surface area contributed by atoms with Crippen LogP contribution in [0.5, 0.6) is 0 Å². The van der Waals surface area contributed by atoms with Gasteiger partial charge in [-0.3, -0.25) is 18.7 Å². The van der Waals surface area contributed by atoms with Crippen LogP contribution >= 0.6 is 0 Å². The van der Waals surface area contributed by atoms with Crippen LogP contribution in [0.15, 0.2) is 15.8 Å². The number of methoxy groups -OCH3 is 1. The molecule has 170 valence electrons. The Morgan fingerprint density at radius 1 is 1.17 bits per heavy atom. The molecule has 0 aromatic carbocycles. The summed E-state index contributed by atoms with van der Waals surface area (Å²) in [5.74, 6) is -0.173. The molecule has 0 unspecified atom stereocenters. The molecule has 1 aliphatic rings. The van der Waals surface area contributed by atoms with Crippen molar-refractivity contribution in [2.45, 2.75) is 89.7 Å². The number of hydrogen-bond acceptors (Lipinski definition) is 7. The zero-order chi connectivity index (χ0) is 22.1. The summed E-state index contributed by atoms with van der Waals surface area (Å²) in [6.45, 7) is 1.66. The number of esters is 1. The van der Waals surface area contributed by atoms with Gasteiger partial charge in [0, 0.05) is 31.1 Å². The normalized spacial score (nSPS) is 21.1. The van der Waals surface area contributed by atoms with Crippen molar-refractivity contribution in [1.29, 1.82) is 0 Å². The highest BCUT2D eigenvalue weighted by atomic mass is 16.5. The number of aliphatic hydroxyl groups is 2. The predicted molar refractivity (Wildman–Crippen MR) is 110 cm³/mol. The molecule has 2 N–H and O–H groups in total. The summed E-state index contributed by atoms with van der Waals surface area (Å²) in [4.78, 5) is 36.3. The minimum absolute atomic E-state index is 0.173. The van der Waals surface area contributed by atoms with Crippen LogP contribution in [-0.4, -0.2) is 51.2 Å². The van der Waals surface area contributed by atoms with Gasteiger partial charge in [-0.1, -0.05) is 32.1 Å². The van der Waals surface area contributed by atoms with E-state index in [0.717, 1.165) is 38.5 Å². The van der Waals surface area contributed by atoms with E-state index in [4.69, 9.17) is 4.74 Å². The van der Waals surface area contributed by atoms with Crippen LogP contribution in [0, 0.1) is 6.92 Å². The summed E-state index contributed by atoms with van der Waals surface area (Å²) < 4.78 is 12.8. The molecule has 0 amide bonds. The van der Waals surface area contributed by atoms with Crippen LogP contribution in [0.4, 0.5) is 0 Å². The highest BCUT2D eigenvalue weighted by molar-refractivity contribution is 5.68. The lowest BCUT2D eigenvalue weighted by atomic mass is 10.1. The average molecular weight is 427 g/mol. The maximum absolute atomic E-state index is 12.8. The first-order valence-electron chi connectivity index (χ1n) is 10.7. The summed E-state index contributed by atoms with van der Waals surface area (Å²) in [5, 5.41) is 19.2. The van der Waals surface area contributed by atoms with Crippen LogP contribution in [0.25, 0.3) is 0 Å². The Kier molecular flexibility index (Phi) is 9.74. The van der Waals surface area contributed by atoms with Crippen molar-refractivity contribution < 1.29 is 24.5 Å². The van der Waals surface area contributed by atoms with Crippen LogP contribution in [0.2, 0.25) is 0 Å². The van der Waals surface area contributed by atoms with E-state index in [0.29, 0.717) is 24.9 Å². The van der Waals surface area contributed by atoms with E-state index >= 15 is 0 Å². The summed E-state index contributed by atoms with van der Waals surface area (Å²) in [6, 6.07) is 0. The molecule has 1 aromatic heterocycles. The maximum atomic E-state index is 12.8. The lowest BCUT2D eigenvalue weighted by molar-refractivity contribution is -0.140. The van der Waals surface area contributed by atoms with Crippen molar-refractivity contribution in [3.63, 3.8) is 0 Å². The van der Waals surface area contributed by atoms with Crippen LogP contribution in [0.3, 0.4) is 0 Å². The highest BCUT2D eigenvalue weighted by Gasteiger charge is 2.35. The van der Waals surface area contributed by atoms with Crippen LogP contribution < -0.4 is 11.2 Å². The monoisotopic (exact) mass is 426 g/mol. The van der Waals surface area contributed by atoms with Crippen molar-refractivity contribution in [2.24, 2.45) is 0 Å². The third-order valence-corrected chi connectivity index (χ3v) is 5.55. The van der Waals surface area contributed by atoms with Gasteiger partial charge in [-0.25, -0.2) is 4.79 Å². The Hall–Kier alpha value is -1.97. The molecule has 2 heterocycles. The van der Waals surface area contributed by atoms with Crippen molar-refractivity contribution in [3.8, 4) is 0 Å². The van der Waals surface area contributed by atoms with Crippen LogP contribution in [0.1, 0.15) is 69.6 Å². The number of nitrogens with zero attached hydrogens (tertiary/aromatic N) is 2. The Labute approximate surface area is 176 Å². The Bertz CT molecular complexity index is 802. The molecule has 1 aromatic rings. The smallest absolute Gasteiger partial charge is 0.333 e. The zero-order valence-electron chi connectivity index (χ0n) is 17.9. The molecule has 0 saturated carbocycles. The molecule has 9 nitrogen and oxygen atoms in total. The molecule has 0 radical (unpaired) electrons. The second-order valence-corrected chi connectivity index (χ2v) is 7.87. The van der Waals surface area contributed by atoms with Gasteiger partial charge in [0.25, 0.3) is 5.56 Å². The van der Waals surface area contributed by atoms with Gasteiger partial charge < -0.3 is 19.7 Å². The number of aryl methyl sites for hydroxylation is 1. The quantitative estimate of drug-likeness (QED) is 0.381. The summed E-state index contributed by atoms with van der Waals surface area (Å²) in [6.07, 6.45) is 6.38. The topological polar surface area (TPSA) is 120 Å². The SMILES string of the molecule is COC(=O)CCCCCCCCCn1c(=O)c(C)cn([C@H]2C[C@H](O)[C@@H](CO)O2)c1=O. The molecule has 30 heavy (non-hydrogen) atoms. The second-order valence-electron chi connectivity index (χ2n) is 7.87. The molecule has 0 spiro atoms. The molecular weight excluding hydrogens is 392 g/mol. The van der Waals surface area contributed by atoms with Gasteiger partial charge in [-0.15, -0.1) is 0 Å². The van der Waals surface area contributed by atoms with E-state index in [2.05, 4.69) is 4.74 Å². The third kappa shape index (κ3) is 6.52. The molecule has 1 saturated heterocycles. The van der Waals surface area contributed by atoms with Crippen molar-refractivity contribution in [2.75, 3.05) is 13.7 Å². The van der Waals surface area contributed by atoms with Crippen LogP contribution in [-0.2, 0) is 20.8 Å². The summed E-state index contributed by atoms with van der Waals surface area (Å²) in [7, 11) is 1.40. The Morgan fingerprint density at radius 2 is 1.80 bits per heavy atom. The Balaban J connectivity index is 1.83. The first-order chi connectivity index (χ1) is 14.4. The molecule has 1 fully saturated rings. The first kappa shape index (κ1) is 24.3. The molecule has 1 aliphatic heterocycles. The predicted octanol–water partition coefficient (Wildman–Crippen LogP) is 1.25. The molecule has 3 atom stereocenters. The number of hydrogen-bond donors (Lipinski definition) is 2. The van der Waals surface area contributed by atoms with Gasteiger partial charge in [-0.05, 0) is 19.8 Å². The molecule has 0 bridgehead atoms. The molecule has 9 heteroatoms. The molecule has 0 aliphatic carbocycles. The number of carbonyl (C=O) groups excluding carboxylic acids is 1. The molecule has 2 rings (SSSR count). The summed E-state index contributed by atoms with van der Waals surface area (Å²) >= 11 is 0. The standard InChI is InChI=1S/C21H34N2O7/c1-15-13-23(18-12-16(25)17(14-24)30-18)21(28)22(20(15)27)11-9-7-5-3-4-6-8-10-19(26)29-2/h13,16-18,24-25H,3-12,14H2,1-2H3/t16-,17+,18+/m0/s1. The van der Waals surface area contributed by atoms with Gasteiger partial charge in [0.15, 0.2) is 0 Å². The van der Waals surface area contributed by atoms with E-state index in [1.807, 2.05) is 0 Å².